The molecular weight excluding hydrogens is 260 g/mol. The molecule has 0 aliphatic rings. The molecule has 2 aromatic rings. The summed E-state index contributed by atoms with van der Waals surface area (Å²) < 4.78 is 0. The Balaban J connectivity index is 2.45. The van der Waals surface area contributed by atoms with Gasteiger partial charge in [0.25, 0.3) is 0 Å². The first kappa shape index (κ1) is 15.1. The van der Waals surface area contributed by atoms with Crippen LogP contribution < -0.4 is 11.1 Å². The lowest BCUT2D eigenvalue weighted by molar-refractivity contribution is -0.122. The summed E-state index contributed by atoms with van der Waals surface area (Å²) >= 11 is 0. The van der Waals surface area contributed by atoms with Gasteiger partial charge in [-0.3, -0.25) is 4.79 Å². The zero-order valence-electron chi connectivity index (χ0n) is 13.0. The lowest BCUT2D eigenvalue weighted by Gasteiger charge is -2.30. The molecule has 0 aromatic heterocycles. The zero-order valence-corrected chi connectivity index (χ0v) is 13.0. The number of nitrogens with two attached hydrogens (primary N) is 1. The first-order valence-corrected chi connectivity index (χ1v) is 7.05. The van der Waals surface area contributed by atoms with E-state index < -0.39 is 11.4 Å². The monoisotopic (exact) mass is 282 g/mol. The molecule has 110 valence electrons. The molecule has 0 saturated heterocycles. The third kappa shape index (κ3) is 3.07. The van der Waals surface area contributed by atoms with Gasteiger partial charge in [0, 0.05) is 5.69 Å². The van der Waals surface area contributed by atoms with Gasteiger partial charge in [-0.05, 0) is 62.1 Å². The minimum absolute atomic E-state index is 0.396. The van der Waals surface area contributed by atoms with E-state index in [2.05, 4.69) is 12.2 Å². The molecule has 2 rings (SSSR count). The van der Waals surface area contributed by atoms with Gasteiger partial charge in [0.1, 0.15) is 5.54 Å². The highest BCUT2D eigenvalue weighted by atomic mass is 16.1. The van der Waals surface area contributed by atoms with Crippen molar-refractivity contribution in [2.45, 2.75) is 33.2 Å². The van der Waals surface area contributed by atoms with Crippen molar-refractivity contribution < 1.29 is 4.79 Å². The number of carbonyl (C=O) groups is 1. The highest BCUT2D eigenvalue weighted by molar-refractivity contribution is 5.89. The number of primary amides is 1. The molecule has 3 heteroatoms. The van der Waals surface area contributed by atoms with Gasteiger partial charge < -0.3 is 11.1 Å². The molecule has 0 bridgehead atoms. The van der Waals surface area contributed by atoms with Crippen molar-refractivity contribution >= 4 is 11.6 Å². The number of nitrogens with one attached hydrogen (secondary N) is 1. The van der Waals surface area contributed by atoms with E-state index in [1.807, 2.05) is 63.2 Å². The third-order valence-corrected chi connectivity index (χ3v) is 3.99. The molecule has 21 heavy (non-hydrogen) atoms. The number of aryl methyl sites for hydroxylation is 3. The minimum Gasteiger partial charge on any atom is -0.368 e. The predicted octanol–water partition coefficient (Wildman–Crippen LogP) is 3.42. The second-order valence-corrected chi connectivity index (χ2v) is 5.78. The van der Waals surface area contributed by atoms with Gasteiger partial charge in [-0.15, -0.1) is 0 Å². The maximum absolute atomic E-state index is 12.1. The van der Waals surface area contributed by atoms with E-state index >= 15 is 0 Å². The Labute approximate surface area is 126 Å². The smallest absolute Gasteiger partial charge is 0.247 e. The molecule has 0 fully saturated rings. The molecule has 1 amide bonds. The summed E-state index contributed by atoms with van der Waals surface area (Å²) in [4.78, 5) is 12.1. The summed E-state index contributed by atoms with van der Waals surface area (Å²) in [5.74, 6) is -0.396. The minimum atomic E-state index is -0.938. The molecule has 1 atom stereocenters. The quantitative estimate of drug-likeness (QED) is 0.902. The van der Waals surface area contributed by atoms with Gasteiger partial charge in [-0.25, -0.2) is 0 Å². The summed E-state index contributed by atoms with van der Waals surface area (Å²) in [7, 11) is 0. The van der Waals surface area contributed by atoms with Crippen molar-refractivity contribution in [1.82, 2.24) is 0 Å². The number of carbonyl (C=O) groups excluding carboxylic acids is 1. The van der Waals surface area contributed by atoms with Crippen molar-refractivity contribution in [1.29, 1.82) is 0 Å². The van der Waals surface area contributed by atoms with Crippen LogP contribution >= 0.6 is 0 Å². The summed E-state index contributed by atoms with van der Waals surface area (Å²) in [5, 5.41) is 3.28. The van der Waals surface area contributed by atoms with Crippen molar-refractivity contribution in [3.8, 4) is 0 Å². The van der Waals surface area contributed by atoms with E-state index in [1.54, 1.807) is 0 Å². The molecule has 0 spiro atoms. The van der Waals surface area contributed by atoms with Crippen LogP contribution in [0.2, 0.25) is 0 Å². The van der Waals surface area contributed by atoms with Crippen molar-refractivity contribution in [3.05, 3.63) is 64.7 Å². The predicted molar refractivity (Wildman–Crippen MR) is 87.3 cm³/mol. The summed E-state index contributed by atoms with van der Waals surface area (Å²) in [5.41, 5.74) is 9.97. The zero-order chi connectivity index (χ0) is 15.6. The molecule has 3 nitrogen and oxygen atoms in total. The molecule has 0 radical (unpaired) electrons. The molecule has 0 saturated carbocycles. The van der Waals surface area contributed by atoms with Gasteiger partial charge in [0.2, 0.25) is 5.91 Å². The van der Waals surface area contributed by atoms with Crippen molar-refractivity contribution in [2.75, 3.05) is 5.32 Å². The van der Waals surface area contributed by atoms with E-state index in [1.165, 1.54) is 5.56 Å². The van der Waals surface area contributed by atoms with Gasteiger partial charge in [0.05, 0.1) is 0 Å². The lowest BCUT2D eigenvalue weighted by Crippen LogP contribution is -2.45. The van der Waals surface area contributed by atoms with Gasteiger partial charge >= 0.3 is 0 Å². The molecule has 0 heterocycles. The number of hydrogen-bond donors (Lipinski definition) is 2. The number of amides is 1. The fourth-order valence-electron chi connectivity index (χ4n) is 2.34. The highest BCUT2D eigenvalue weighted by Crippen LogP contribution is 2.28. The highest BCUT2D eigenvalue weighted by Gasteiger charge is 2.33. The molecular formula is C18H22N2O. The molecule has 0 aliphatic heterocycles. The molecule has 2 aromatic carbocycles. The SMILES string of the molecule is Cc1cccc(NC(C)(C(N)=O)c2ccc(C)c(C)c2)c1. The lowest BCUT2D eigenvalue weighted by atomic mass is 9.88. The van der Waals surface area contributed by atoms with Crippen LogP contribution in [-0.2, 0) is 10.3 Å². The van der Waals surface area contributed by atoms with Crippen LogP contribution in [0.4, 0.5) is 5.69 Å². The first-order valence-electron chi connectivity index (χ1n) is 7.05. The van der Waals surface area contributed by atoms with Gasteiger partial charge in [-0.1, -0.05) is 30.3 Å². The van der Waals surface area contributed by atoms with Crippen molar-refractivity contribution in [2.24, 2.45) is 5.73 Å². The standard InChI is InChI=1S/C18H22N2O/c1-12-6-5-7-16(10-12)20-18(4,17(19)21)15-9-8-13(2)14(3)11-15/h5-11,20H,1-4H3,(H2,19,21). The maximum atomic E-state index is 12.1. The third-order valence-electron chi connectivity index (χ3n) is 3.99. The molecule has 3 N–H and O–H groups in total. The van der Waals surface area contributed by atoms with E-state index in [9.17, 15) is 4.79 Å². The van der Waals surface area contributed by atoms with Crippen LogP contribution in [0.3, 0.4) is 0 Å². The summed E-state index contributed by atoms with van der Waals surface area (Å²) in [6.45, 7) is 7.92. The second kappa shape index (κ2) is 5.60. The van der Waals surface area contributed by atoms with Crippen LogP contribution in [0.25, 0.3) is 0 Å². The summed E-state index contributed by atoms with van der Waals surface area (Å²) in [6.07, 6.45) is 0. The largest absolute Gasteiger partial charge is 0.368 e. The fourth-order valence-corrected chi connectivity index (χ4v) is 2.34. The number of benzene rings is 2. The van der Waals surface area contributed by atoms with E-state index in [0.29, 0.717) is 0 Å². The number of anilines is 1. The van der Waals surface area contributed by atoms with E-state index in [4.69, 9.17) is 5.73 Å². The van der Waals surface area contributed by atoms with Crippen LogP contribution in [0.15, 0.2) is 42.5 Å². The maximum Gasteiger partial charge on any atom is 0.247 e. The topological polar surface area (TPSA) is 55.1 Å². The molecule has 0 aliphatic carbocycles. The van der Waals surface area contributed by atoms with E-state index in [0.717, 1.165) is 22.4 Å². The van der Waals surface area contributed by atoms with Crippen LogP contribution in [0, 0.1) is 20.8 Å². The average Bonchev–Trinajstić information content (AvgIpc) is 2.41. The van der Waals surface area contributed by atoms with E-state index in [-0.39, 0.29) is 0 Å². The van der Waals surface area contributed by atoms with Crippen molar-refractivity contribution in [3.63, 3.8) is 0 Å². The average molecular weight is 282 g/mol. The first-order chi connectivity index (χ1) is 9.83. The Hall–Kier alpha value is -2.29. The Morgan fingerprint density at radius 2 is 1.76 bits per heavy atom. The van der Waals surface area contributed by atoms with Gasteiger partial charge in [0.15, 0.2) is 0 Å². The Kier molecular flexibility index (Phi) is 4.03. The van der Waals surface area contributed by atoms with Crippen LogP contribution in [0.1, 0.15) is 29.2 Å². The second-order valence-electron chi connectivity index (χ2n) is 5.78. The van der Waals surface area contributed by atoms with Crippen LogP contribution in [0.5, 0.6) is 0 Å². The summed E-state index contributed by atoms with van der Waals surface area (Å²) in [6, 6.07) is 13.9. The fraction of sp³-hybridized carbons (Fsp3) is 0.278. The van der Waals surface area contributed by atoms with Gasteiger partial charge in [-0.2, -0.15) is 0 Å². The Bertz CT molecular complexity index is 679. The number of hydrogen-bond acceptors (Lipinski definition) is 2. The van der Waals surface area contributed by atoms with Crippen LogP contribution in [-0.4, -0.2) is 5.91 Å². The number of rotatable bonds is 4. The Morgan fingerprint density at radius 3 is 2.33 bits per heavy atom. The Morgan fingerprint density at radius 1 is 1.05 bits per heavy atom. The molecule has 1 unspecified atom stereocenters. The normalized spacial score (nSPS) is 13.5.